The number of alkyl halides is 3. The first-order valence-electron chi connectivity index (χ1n) is 7.91. The second-order valence-corrected chi connectivity index (χ2v) is 5.71. The van der Waals surface area contributed by atoms with Gasteiger partial charge in [0.2, 0.25) is 0 Å². The van der Waals surface area contributed by atoms with Crippen LogP contribution in [0.2, 0.25) is 0 Å². The van der Waals surface area contributed by atoms with Gasteiger partial charge in [-0.2, -0.15) is 18.3 Å². The van der Waals surface area contributed by atoms with E-state index in [1.54, 1.807) is 18.2 Å². The number of hydrogen-bond acceptors (Lipinski definition) is 5. The van der Waals surface area contributed by atoms with E-state index in [-0.39, 0.29) is 5.82 Å². The quantitative estimate of drug-likeness (QED) is 0.709. The van der Waals surface area contributed by atoms with Crippen molar-refractivity contribution in [1.29, 1.82) is 0 Å². The summed E-state index contributed by atoms with van der Waals surface area (Å²) in [7, 11) is 3.05. The molecule has 0 saturated carbocycles. The van der Waals surface area contributed by atoms with Gasteiger partial charge in [-0.3, -0.25) is 5.10 Å². The Hall–Kier alpha value is -3.07. The summed E-state index contributed by atoms with van der Waals surface area (Å²) < 4.78 is 48.4. The van der Waals surface area contributed by atoms with Crippen LogP contribution in [0.1, 0.15) is 23.0 Å². The molecule has 0 aliphatic rings. The van der Waals surface area contributed by atoms with Crippen molar-refractivity contribution in [3.8, 4) is 22.9 Å². The summed E-state index contributed by atoms with van der Waals surface area (Å²) in [6, 6.07) is 9.20. The van der Waals surface area contributed by atoms with Gasteiger partial charge in [-0.05, 0) is 29.8 Å². The first kappa shape index (κ1) is 18.7. The molecular formula is C18H17F3N4O2. The molecule has 142 valence electrons. The molecule has 1 heterocycles. The smallest absolute Gasteiger partial charge is 0.416 e. The summed E-state index contributed by atoms with van der Waals surface area (Å²) in [6.07, 6.45) is -4.39. The molecule has 0 fully saturated rings. The van der Waals surface area contributed by atoms with Gasteiger partial charge in [0, 0.05) is 5.56 Å². The number of rotatable bonds is 5. The molecule has 6 nitrogen and oxygen atoms in total. The maximum absolute atomic E-state index is 12.7. The number of nitrogens with two attached hydrogens (primary N) is 1. The van der Waals surface area contributed by atoms with E-state index in [0.717, 1.165) is 12.1 Å². The van der Waals surface area contributed by atoms with Crippen molar-refractivity contribution in [3.63, 3.8) is 0 Å². The van der Waals surface area contributed by atoms with Crippen LogP contribution in [-0.2, 0) is 6.18 Å². The highest BCUT2D eigenvalue weighted by atomic mass is 19.4. The first-order valence-corrected chi connectivity index (χ1v) is 7.91. The van der Waals surface area contributed by atoms with Crippen LogP contribution < -0.4 is 15.2 Å². The van der Waals surface area contributed by atoms with Crippen molar-refractivity contribution in [1.82, 2.24) is 15.2 Å². The van der Waals surface area contributed by atoms with Gasteiger partial charge in [0.1, 0.15) is 5.82 Å². The summed E-state index contributed by atoms with van der Waals surface area (Å²) in [5.41, 5.74) is 6.65. The predicted molar refractivity (Wildman–Crippen MR) is 92.4 cm³/mol. The molecule has 27 heavy (non-hydrogen) atoms. The van der Waals surface area contributed by atoms with Crippen LogP contribution in [0.4, 0.5) is 13.2 Å². The fourth-order valence-corrected chi connectivity index (χ4v) is 2.55. The average Bonchev–Trinajstić information content (AvgIpc) is 3.16. The van der Waals surface area contributed by atoms with Crippen LogP contribution >= 0.6 is 0 Å². The van der Waals surface area contributed by atoms with Crippen LogP contribution in [0, 0.1) is 0 Å². The summed E-state index contributed by atoms with van der Waals surface area (Å²) in [6.45, 7) is 0. The number of nitrogens with zero attached hydrogens (tertiary/aromatic N) is 2. The van der Waals surface area contributed by atoms with E-state index in [1.807, 2.05) is 0 Å². The molecule has 2 aromatic carbocycles. The van der Waals surface area contributed by atoms with Gasteiger partial charge in [-0.1, -0.05) is 18.2 Å². The minimum absolute atomic E-state index is 0.259. The van der Waals surface area contributed by atoms with Gasteiger partial charge < -0.3 is 15.2 Å². The zero-order valence-electron chi connectivity index (χ0n) is 14.5. The normalized spacial score (nSPS) is 12.7. The Bertz CT molecular complexity index is 923. The third-order valence-corrected chi connectivity index (χ3v) is 4.03. The van der Waals surface area contributed by atoms with Crippen molar-refractivity contribution in [3.05, 3.63) is 59.4 Å². The summed E-state index contributed by atoms with van der Waals surface area (Å²) in [5.74, 6) is 1.72. The minimum atomic E-state index is -4.39. The fraction of sp³-hybridized carbons (Fsp3) is 0.222. The maximum atomic E-state index is 12.7. The van der Waals surface area contributed by atoms with E-state index < -0.39 is 17.8 Å². The second-order valence-electron chi connectivity index (χ2n) is 5.71. The van der Waals surface area contributed by atoms with E-state index in [2.05, 4.69) is 15.2 Å². The molecule has 3 rings (SSSR count). The van der Waals surface area contributed by atoms with E-state index in [4.69, 9.17) is 15.2 Å². The topological polar surface area (TPSA) is 86.0 Å². The highest BCUT2D eigenvalue weighted by molar-refractivity contribution is 5.55. The summed E-state index contributed by atoms with van der Waals surface area (Å²) in [4.78, 5) is 4.30. The van der Waals surface area contributed by atoms with Crippen molar-refractivity contribution in [2.24, 2.45) is 5.73 Å². The van der Waals surface area contributed by atoms with Crippen LogP contribution in [0.25, 0.3) is 11.4 Å². The van der Waals surface area contributed by atoms with Crippen LogP contribution in [0.3, 0.4) is 0 Å². The monoisotopic (exact) mass is 378 g/mol. The number of nitrogens with one attached hydrogen (secondary N) is 1. The first-order chi connectivity index (χ1) is 12.8. The SMILES string of the molecule is COc1ccc(C(N)c2nc(-c3ccc(C(F)(F)F)cc3)n[nH]2)cc1OC. The minimum Gasteiger partial charge on any atom is -0.493 e. The number of aromatic nitrogens is 3. The largest absolute Gasteiger partial charge is 0.493 e. The third kappa shape index (κ3) is 3.87. The summed E-state index contributed by atoms with van der Waals surface area (Å²) >= 11 is 0. The molecule has 0 amide bonds. The molecule has 0 aliphatic carbocycles. The predicted octanol–water partition coefficient (Wildman–Crippen LogP) is 3.56. The molecule has 1 atom stereocenters. The molecule has 1 aromatic heterocycles. The highest BCUT2D eigenvalue weighted by Crippen LogP contribution is 2.32. The van der Waals surface area contributed by atoms with Crippen LogP contribution in [0.5, 0.6) is 11.5 Å². The fourth-order valence-electron chi connectivity index (χ4n) is 2.55. The Morgan fingerprint density at radius 1 is 1.00 bits per heavy atom. The number of hydrogen-bond donors (Lipinski definition) is 2. The molecule has 3 aromatic rings. The zero-order valence-corrected chi connectivity index (χ0v) is 14.5. The molecule has 0 saturated heterocycles. The van der Waals surface area contributed by atoms with Gasteiger partial charge in [-0.15, -0.1) is 0 Å². The lowest BCUT2D eigenvalue weighted by Gasteiger charge is -2.13. The lowest BCUT2D eigenvalue weighted by molar-refractivity contribution is -0.137. The van der Waals surface area contributed by atoms with Crippen LogP contribution in [0.15, 0.2) is 42.5 Å². The van der Waals surface area contributed by atoms with Crippen molar-refractivity contribution in [2.45, 2.75) is 12.2 Å². The molecule has 9 heteroatoms. The lowest BCUT2D eigenvalue weighted by atomic mass is 10.1. The van der Waals surface area contributed by atoms with E-state index in [9.17, 15) is 13.2 Å². The molecule has 0 radical (unpaired) electrons. The number of benzene rings is 2. The van der Waals surface area contributed by atoms with Gasteiger partial charge in [0.25, 0.3) is 0 Å². The van der Waals surface area contributed by atoms with Crippen molar-refractivity contribution >= 4 is 0 Å². The molecule has 1 unspecified atom stereocenters. The molecule has 0 bridgehead atoms. The Balaban J connectivity index is 1.85. The number of aromatic amines is 1. The number of halogens is 3. The van der Waals surface area contributed by atoms with E-state index in [1.165, 1.54) is 26.4 Å². The van der Waals surface area contributed by atoms with E-state index in [0.29, 0.717) is 28.5 Å². The Morgan fingerprint density at radius 3 is 2.26 bits per heavy atom. The number of methoxy groups -OCH3 is 2. The molecule has 3 N–H and O–H groups in total. The zero-order chi connectivity index (χ0) is 19.6. The molecule has 0 aliphatic heterocycles. The highest BCUT2D eigenvalue weighted by Gasteiger charge is 2.30. The number of ether oxygens (including phenoxy) is 2. The van der Waals surface area contributed by atoms with Crippen LogP contribution in [-0.4, -0.2) is 29.4 Å². The van der Waals surface area contributed by atoms with Crippen molar-refractivity contribution in [2.75, 3.05) is 14.2 Å². The van der Waals surface area contributed by atoms with Gasteiger partial charge in [0.15, 0.2) is 17.3 Å². The maximum Gasteiger partial charge on any atom is 0.416 e. The Labute approximate surface area is 153 Å². The third-order valence-electron chi connectivity index (χ3n) is 4.03. The van der Waals surface area contributed by atoms with Gasteiger partial charge in [-0.25, -0.2) is 4.98 Å². The van der Waals surface area contributed by atoms with E-state index >= 15 is 0 Å². The molecule has 0 spiro atoms. The lowest BCUT2D eigenvalue weighted by Crippen LogP contribution is -2.14. The van der Waals surface area contributed by atoms with Crippen molar-refractivity contribution < 1.29 is 22.6 Å². The van der Waals surface area contributed by atoms with Gasteiger partial charge in [0.05, 0.1) is 25.8 Å². The Morgan fingerprint density at radius 2 is 1.67 bits per heavy atom. The average molecular weight is 378 g/mol. The molecular weight excluding hydrogens is 361 g/mol. The number of H-pyrrole nitrogens is 1. The second kappa shape index (κ2) is 7.28. The van der Waals surface area contributed by atoms with Gasteiger partial charge >= 0.3 is 6.18 Å². The Kier molecular flexibility index (Phi) is 5.04. The standard InChI is InChI=1S/C18H17F3N4O2/c1-26-13-8-5-11(9-14(13)27-2)15(22)17-23-16(24-25-17)10-3-6-12(7-4-10)18(19,20)21/h3-9,15H,22H2,1-2H3,(H,23,24,25). The summed E-state index contributed by atoms with van der Waals surface area (Å²) in [5, 5.41) is 6.78.